The lowest BCUT2D eigenvalue weighted by molar-refractivity contribution is -0.397. The molecule has 27 nitrogen and oxygen atoms in total. The Morgan fingerprint density at radius 1 is 0.643 bits per heavy atom. The highest BCUT2D eigenvalue weighted by Gasteiger charge is 2.64. The molecule has 0 aromatic heterocycles. The highest BCUT2D eigenvalue weighted by molar-refractivity contribution is 7.80. The van der Waals surface area contributed by atoms with E-state index in [9.17, 15) is 79.4 Å². The number of ether oxygens (including phenoxy) is 10. The molecule has 0 radical (unpaired) electrons. The smallest absolute Gasteiger partial charge is 0.217 e. The molecule has 5 heterocycles. The van der Waals surface area contributed by atoms with Crippen molar-refractivity contribution in [3.63, 3.8) is 0 Å². The fraction of sp³-hybridized carbons (Fsp3) is 0.929. The van der Waals surface area contributed by atoms with Crippen molar-refractivity contribution in [2.24, 2.45) is 34.5 Å². The average Bonchev–Trinajstić information content (AvgIpc) is 1.36. The molecular weight excluding hydrogens is 1140 g/mol. The molecule has 34 atom stereocenters. The van der Waals surface area contributed by atoms with Gasteiger partial charge in [0.05, 0.1) is 54.9 Å². The van der Waals surface area contributed by atoms with Gasteiger partial charge in [0.1, 0.15) is 91.6 Å². The van der Waals surface area contributed by atoms with Crippen LogP contribution in [0, 0.1) is 34.5 Å². The van der Waals surface area contributed by atoms with Crippen molar-refractivity contribution in [1.82, 2.24) is 0 Å². The van der Waals surface area contributed by atoms with E-state index in [0.717, 1.165) is 11.1 Å². The minimum atomic E-state index is -5.12. The van der Waals surface area contributed by atoms with Crippen LogP contribution >= 0.6 is 0 Å². The lowest BCUT2D eigenvalue weighted by Crippen LogP contribution is -2.66. The maximum atomic E-state index is 12.4. The molecule has 5 aliphatic heterocycles. The standard InChI is InChI=1S/C56H92O27S/c1-21(2)10-13-34(57)56(9,69)33-12-11-28-27-19-31(30-18-26(83-84(70,71)72)14-16-54(30,7)29(27)15-17-55(28,33)8)78-51-45(68)46(38(61)25(6)76-51)80-52-47(81-49-43(66)40(63)35(58)22(3)74-49)39(62)32(20-73-52)79-53-48(42(65)37(60)24(5)77-53)82-50-44(67)41(64)36(59)23(4)75-50/h10,15,22-28,30-53,57-69H,11-14,16-20H2,1-9H3,(H,70,71,72)/p-1/t22-,23-,24-,25-,26+,27+,28+,30-,31+,32-,33+,34+,35-,36+,37-,38-,39+,40+,41+,42+,43-,44-,45-,46+,47-,48-,49+,50+,51+,52+,53+,54-,55+,56-/m1/s1. The molecule has 0 aromatic rings. The summed E-state index contributed by atoms with van der Waals surface area (Å²) in [6.45, 7) is 14.8. The van der Waals surface area contributed by atoms with Crippen LogP contribution in [0.3, 0.4) is 0 Å². The molecule has 0 bridgehead atoms. The molecule has 8 fully saturated rings. The van der Waals surface area contributed by atoms with E-state index in [1.165, 1.54) is 27.7 Å². The van der Waals surface area contributed by atoms with Gasteiger partial charge in [0, 0.05) is 0 Å². The van der Waals surface area contributed by atoms with E-state index < -0.39 is 205 Å². The fourth-order valence-corrected chi connectivity index (χ4v) is 15.9. The van der Waals surface area contributed by atoms with Gasteiger partial charge in [-0.1, -0.05) is 37.1 Å². The van der Waals surface area contributed by atoms with E-state index in [1.54, 1.807) is 6.92 Å². The third kappa shape index (κ3) is 12.9. The Morgan fingerprint density at radius 2 is 1.15 bits per heavy atom. The second kappa shape index (κ2) is 25.6. The first-order chi connectivity index (χ1) is 39.2. The first-order valence-corrected chi connectivity index (χ1v) is 30.9. The zero-order valence-corrected chi connectivity index (χ0v) is 49.7. The monoisotopic (exact) mass is 1230 g/mol. The third-order valence-corrected chi connectivity index (χ3v) is 20.9. The summed E-state index contributed by atoms with van der Waals surface area (Å²) in [7, 11) is -5.12. The molecule has 0 amide bonds. The predicted octanol–water partition coefficient (Wildman–Crippen LogP) is -2.28. The number of hydrogen-bond donors (Lipinski definition) is 13. The van der Waals surface area contributed by atoms with Crippen LogP contribution in [0.5, 0.6) is 0 Å². The molecule has 4 aliphatic carbocycles. The van der Waals surface area contributed by atoms with E-state index in [4.69, 9.17) is 51.6 Å². The van der Waals surface area contributed by atoms with E-state index in [0.29, 0.717) is 32.1 Å². The largest absolute Gasteiger partial charge is 0.726 e. The molecule has 0 unspecified atom stereocenters. The Kier molecular flexibility index (Phi) is 20.4. The molecule has 9 rings (SSSR count). The van der Waals surface area contributed by atoms with Gasteiger partial charge in [-0.05, 0) is 134 Å². The van der Waals surface area contributed by atoms with Gasteiger partial charge in [-0.2, -0.15) is 0 Å². The minimum absolute atomic E-state index is 0.0213. The van der Waals surface area contributed by atoms with Gasteiger partial charge in [-0.25, -0.2) is 8.42 Å². The summed E-state index contributed by atoms with van der Waals surface area (Å²) in [4.78, 5) is 0. The molecule has 0 spiro atoms. The average molecular weight is 1230 g/mol. The van der Waals surface area contributed by atoms with E-state index in [2.05, 4.69) is 19.9 Å². The van der Waals surface area contributed by atoms with E-state index in [1.807, 2.05) is 19.9 Å². The summed E-state index contributed by atoms with van der Waals surface area (Å²) in [5.74, 6) is -1.01. The maximum absolute atomic E-state index is 12.4. The van der Waals surface area contributed by atoms with E-state index in [-0.39, 0.29) is 37.0 Å². The number of rotatable bonds is 16. The number of hydrogen-bond acceptors (Lipinski definition) is 27. The Labute approximate surface area is 489 Å². The van der Waals surface area contributed by atoms with Crippen LogP contribution in [-0.2, 0) is 62.0 Å². The zero-order chi connectivity index (χ0) is 61.6. The van der Waals surface area contributed by atoms with Crippen molar-refractivity contribution in [2.45, 2.75) is 285 Å². The maximum Gasteiger partial charge on any atom is 0.217 e. The molecule has 9 aliphatic rings. The number of allylic oxidation sites excluding steroid dienone is 3. The Bertz CT molecular complexity index is 2420. The molecule has 484 valence electrons. The fourth-order valence-electron chi connectivity index (χ4n) is 15.4. The highest BCUT2D eigenvalue weighted by Crippen LogP contribution is 2.67. The lowest BCUT2D eigenvalue weighted by Gasteiger charge is -2.60. The summed E-state index contributed by atoms with van der Waals surface area (Å²) in [5, 5.41) is 147. The molecule has 84 heavy (non-hydrogen) atoms. The van der Waals surface area contributed by atoms with Crippen LogP contribution in [0.4, 0.5) is 0 Å². The van der Waals surface area contributed by atoms with Crippen LogP contribution in [0.2, 0.25) is 0 Å². The molecule has 13 N–H and O–H groups in total. The van der Waals surface area contributed by atoms with Gasteiger partial charge in [-0.3, -0.25) is 4.18 Å². The normalized spacial score (nSPS) is 52.0. The van der Waals surface area contributed by atoms with Crippen molar-refractivity contribution in [1.29, 1.82) is 0 Å². The van der Waals surface area contributed by atoms with Gasteiger partial charge in [0.15, 0.2) is 31.5 Å². The lowest BCUT2D eigenvalue weighted by atomic mass is 9.47. The van der Waals surface area contributed by atoms with Gasteiger partial charge in [-0.15, -0.1) is 0 Å². The van der Waals surface area contributed by atoms with Crippen LogP contribution in [-0.4, -0.2) is 257 Å². The van der Waals surface area contributed by atoms with Gasteiger partial charge in [0.2, 0.25) is 10.4 Å². The minimum Gasteiger partial charge on any atom is -0.726 e. The molecular formula is C56H91O27S-. The number of aliphatic hydroxyl groups is 13. The third-order valence-electron chi connectivity index (χ3n) is 20.4. The van der Waals surface area contributed by atoms with Gasteiger partial charge >= 0.3 is 0 Å². The van der Waals surface area contributed by atoms with E-state index >= 15 is 0 Å². The van der Waals surface area contributed by atoms with Crippen LogP contribution < -0.4 is 0 Å². The quantitative estimate of drug-likeness (QED) is 0.0440. The predicted molar refractivity (Wildman–Crippen MR) is 283 cm³/mol. The molecule has 28 heteroatoms. The number of fused-ring (bicyclic) bond motifs is 5. The zero-order valence-electron chi connectivity index (χ0n) is 48.9. The second-order valence-corrected chi connectivity index (χ2v) is 27.2. The Hall–Kier alpha value is -1.57. The molecule has 5 saturated heterocycles. The summed E-state index contributed by atoms with van der Waals surface area (Å²) in [6.07, 6.45) is -34.9. The Balaban J connectivity index is 0.981. The van der Waals surface area contributed by atoms with Crippen molar-refractivity contribution in [3.8, 4) is 0 Å². The summed E-state index contributed by atoms with van der Waals surface area (Å²) in [5.41, 5.74) is -0.454. The van der Waals surface area contributed by atoms with Crippen LogP contribution in [0.15, 0.2) is 23.3 Å². The van der Waals surface area contributed by atoms with Crippen molar-refractivity contribution in [2.75, 3.05) is 6.61 Å². The first-order valence-electron chi connectivity index (χ1n) is 29.6. The number of aliphatic hydroxyl groups excluding tert-OH is 12. The summed E-state index contributed by atoms with van der Waals surface area (Å²) >= 11 is 0. The highest BCUT2D eigenvalue weighted by atomic mass is 32.3. The first kappa shape index (κ1) is 66.8. The summed E-state index contributed by atoms with van der Waals surface area (Å²) < 4.78 is 102. The van der Waals surface area contributed by atoms with Crippen molar-refractivity contribution < 1.29 is 131 Å². The topological polar surface area (TPSA) is 422 Å². The second-order valence-electron chi connectivity index (χ2n) is 26.2. The SMILES string of the molecule is CC(C)=CC[C@H](O)[C@](C)(O)[C@H]1CC[C@H]2[C@@H]3C[C@H](O[C@@H]4O[C@H](C)[C@@H](O)[C@H](O[C@@H]5OC[C@@H](O[C@@H]6O[C@H](C)[C@@H](O)[C@H](O)[C@H]6O[C@@H]6O[C@H](C)[C@H](O)[C@H](O)[C@H]6O)[C@H](O)[C@H]5O[C@@H]5O[C@H](C)[C@@H](O)[C@H](O)[C@H]5O)[C@H]4O)[C@H]4C[C@@H](OS(=O)(=O)[O-])CC[C@]4(C)C3=CC[C@]12C. The van der Waals surface area contributed by atoms with Crippen LogP contribution in [0.1, 0.15) is 114 Å². The van der Waals surface area contributed by atoms with Gasteiger partial charge < -0.3 is 118 Å². The summed E-state index contributed by atoms with van der Waals surface area (Å²) in [6, 6.07) is 0. The van der Waals surface area contributed by atoms with Gasteiger partial charge in [0.25, 0.3) is 0 Å². The molecule has 3 saturated carbocycles. The Morgan fingerprint density at radius 3 is 1.73 bits per heavy atom. The molecule has 0 aromatic carbocycles. The van der Waals surface area contributed by atoms with Crippen molar-refractivity contribution in [3.05, 3.63) is 23.3 Å². The van der Waals surface area contributed by atoms with Crippen molar-refractivity contribution >= 4 is 10.4 Å². The van der Waals surface area contributed by atoms with Crippen LogP contribution in [0.25, 0.3) is 0 Å².